The van der Waals surface area contributed by atoms with Crippen molar-refractivity contribution in [2.24, 2.45) is 11.8 Å². The third-order valence-electron chi connectivity index (χ3n) is 6.29. The first-order valence-electron chi connectivity index (χ1n) is 9.65. The van der Waals surface area contributed by atoms with E-state index in [0.29, 0.717) is 0 Å². The molecule has 136 valence electrons. The van der Waals surface area contributed by atoms with Gasteiger partial charge in [-0.3, -0.25) is 10.00 Å². The molecule has 0 radical (unpaired) electrons. The average molecular weight is 342 g/mol. The van der Waals surface area contributed by atoms with E-state index in [-0.39, 0.29) is 0 Å². The Balaban J connectivity index is 1.34. The monoisotopic (exact) mass is 342 g/mol. The average Bonchev–Trinajstić information content (AvgIpc) is 3.05. The van der Waals surface area contributed by atoms with Gasteiger partial charge in [0.25, 0.3) is 0 Å². The van der Waals surface area contributed by atoms with Gasteiger partial charge in [0.2, 0.25) is 0 Å². The summed E-state index contributed by atoms with van der Waals surface area (Å²) >= 11 is 0. The number of hydrogen-bond donors (Lipinski definition) is 1. The quantitative estimate of drug-likeness (QED) is 0.927. The maximum atomic E-state index is 5.29. The third kappa shape index (κ3) is 3.67. The topological polar surface area (TPSA) is 44.4 Å². The first-order chi connectivity index (χ1) is 12.2. The molecule has 0 atom stereocenters. The van der Waals surface area contributed by atoms with Gasteiger partial charge in [0.15, 0.2) is 0 Å². The lowest BCUT2D eigenvalue weighted by Gasteiger charge is -2.39. The number of benzene rings is 1. The molecule has 0 saturated carbocycles. The van der Waals surface area contributed by atoms with E-state index >= 15 is 0 Å². The number of ether oxygens (including phenoxy) is 1. The lowest BCUT2D eigenvalue weighted by Crippen LogP contribution is -2.39. The van der Waals surface area contributed by atoms with Crippen molar-refractivity contribution < 1.29 is 4.74 Å². The van der Waals surface area contributed by atoms with Crippen LogP contribution in [-0.4, -0.2) is 60.3 Å². The molecular weight excluding hydrogens is 312 g/mol. The normalized spacial score (nSPS) is 21.8. The summed E-state index contributed by atoms with van der Waals surface area (Å²) in [6.45, 7) is 5.98. The largest absolute Gasteiger partial charge is 0.497 e. The second kappa shape index (κ2) is 7.34. The van der Waals surface area contributed by atoms with Gasteiger partial charge < -0.3 is 9.64 Å². The summed E-state index contributed by atoms with van der Waals surface area (Å²) in [6, 6.07) is 6.15. The van der Waals surface area contributed by atoms with Crippen molar-refractivity contribution in [2.75, 3.05) is 40.3 Å². The molecule has 2 saturated heterocycles. The fraction of sp³-hybridized carbons (Fsp3) is 0.650. The van der Waals surface area contributed by atoms with Crippen LogP contribution in [0.2, 0.25) is 0 Å². The van der Waals surface area contributed by atoms with Crippen molar-refractivity contribution in [2.45, 2.75) is 32.2 Å². The minimum absolute atomic E-state index is 0.865. The van der Waals surface area contributed by atoms with E-state index < -0.39 is 0 Å². The number of rotatable bonds is 4. The smallest absolute Gasteiger partial charge is 0.121 e. The molecule has 0 spiro atoms. The summed E-state index contributed by atoms with van der Waals surface area (Å²) < 4.78 is 5.29. The summed E-state index contributed by atoms with van der Waals surface area (Å²) in [6.07, 6.45) is 5.50. The van der Waals surface area contributed by atoms with Gasteiger partial charge in [-0.25, -0.2) is 0 Å². The summed E-state index contributed by atoms with van der Waals surface area (Å²) in [5.41, 5.74) is 2.23. The Morgan fingerprint density at radius 3 is 2.44 bits per heavy atom. The molecule has 3 heterocycles. The maximum absolute atomic E-state index is 5.29. The van der Waals surface area contributed by atoms with Crippen molar-refractivity contribution in [3.05, 3.63) is 23.9 Å². The lowest BCUT2D eigenvalue weighted by molar-refractivity contribution is 0.102. The van der Waals surface area contributed by atoms with Gasteiger partial charge in [-0.1, -0.05) is 0 Å². The van der Waals surface area contributed by atoms with Crippen molar-refractivity contribution in [3.63, 3.8) is 0 Å². The zero-order valence-corrected chi connectivity index (χ0v) is 15.5. The molecule has 0 amide bonds. The Hall–Kier alpha value is -1.59. The number of likely N-dealkylation sites (tertiary alicyclic amines) is 2. The van der Waals surface area contributed by atoms with E-state index in [1.54, 1.807) is 7.11 Å². The standard InChI is InChI=1S/C20H30N4O/c1-23-9-5-15(6-10-23)16-7-11-24(12-8-16)14-20-18-4-3-17(25-2)13-19(18)21-22-20/h3-4,13,15-16H,5-12,14H2,1-2H3,(H,21,22). The summed E-state index contributed by atoms with van der Waals surface area (Å²) in [4.78, 5) is 5.06. The molecule has 1 N–H and O–H groups in total. The first kappa shape index (κ1) is 16.9. The Labute approximate surface area is 150 Å². The SMILES string of the molecule is COc1ccc2c(CN3CCC(C4CCN(C)CC4)CC3)[nH]nc2c1. The first-order valence-corrected chi connectivity index (χ1v) is 9.65. The second-order valence-corrected chi connectivity index (χ2v) is 7.84. The zero-order chi connectivity index (χ0) is 17.2. The molecule has 1 aromatic carbocycles. The minimum Gasteiger partial charge on any atom is -0.497 e. The van der Waals surface area contributed by atoms with Crippen molar-refractivity contribution >= 4 is 10.9 Å². The number of fused-ring (bicyclic) bond motifs is 1. The van der Waals surface area contributed by atoms with E-state index in [4.69, 9.17) is 4.74 Å². The van der Waals surface area contributed by atoms with Gasteiger partial charge in [0.05, 0.1) is 18.3 Å². The number of methoxy groups -OCH3 is 1. The number of piperidine rings is 2. The van der Waals surface area contributed by atoms with Crippen LogP contribution in [0.25, 0.3) is 10.9 Å². The van der Waals surface area contributed by atoms with Crippen LogP contribution in [0.4, 0.5) is 0 Å². The summed E-state index contributed by atoms with van der Waals surface area (Å²) in [5.74, 6) is 2.76. The van der Waals surface area contributed by atoms with Gasteiger partial charge in [-0.15, -0.1) is 0 Å². The lowest BCUT2D eigenvalue weighted by atomic mass is 9.79. The van der Waals surface area contributed by atoms with Gasteiger partial charge >= 0.3 is 0 Å². The Kier molecular flexibility index (Phi) is 4.95. The molecule has 2 aliphatic heterocycles. The number of H-pyrrole nitrogens is 1. The highest BCUT2D eigenvalue weighted by Crippen LogP contribution is 2.33. The summed E-state index contributed by atoms with van der Waals surface area (Å²) in [7, 11) is 3.95. The van der Waals surface area contributed by atoms with Gasteiger partial charge in [0, 0.05) is 18.0 Å². The fourth-order valence-electron chi connectivity index (χ4n) is 4.60. The molecule has 0 unspecified atom stereocenters. The van der Waals surface area contributed by atoms with Crippen molar-refractivity contribution in [1.29, 1.82) is 0 Å². The maximum Gasteiger partial charge on any atom is 0.121 e. The van der Waals surface area contributed by atoms with E-state index in [1.807, 2.05) is 12.1 Å². The number of nitrogens with zero attached hydrogens (tertiary/aromatic N) is 3. The molecule has 5 heteroatoms. The predicted octanol–water partition coefficient (Wildman–Crippen LogP) is 3.13. The summed E-state index contributed by atoms with van der Waals surface area (Å²) in [5, 5.41) is 8.91. The van der Waals surface area contributed by atoms with E-state index in [9.17, 15) is 0 Å². The van der Waals surface area contributed by atoms with Crippen LogP contribution in [-0.2, 0) is 6.54 Å². The highest BCUT2D eigenvalue weighted by molar-refractivity contribution is 5.82. The van der Waals surface area contributed by atoms with Crippen LogP contribution in [0.3, 0.4) is 0 Å². The van der Waals surface area contributed by atoms with Crippen LogP contribution in [0, 0.1) is 11.8 Å². The molecule has 2 fully saturated rings. The van der Waals surface area contributed by atoms with E-state index in [2.05, 4.69) is 33.1 Å². The number of hydrogen-bond acceptors (Lipinski definition) is 4. The van der Waals surface area contributed by atoms with Crippen LogP contribution in [0.15, 0.2) is 18.2 Å². The Morgan fingerprint density at radius 1 is 1.08 bits per heavy atom. The molecule has 2 aliphatic rings. The molecule has 1 aromatic heterocycles. The number of aromatic nitrogens is 2. The highest BCUT2D eigenvalue weighted by atomic mass is 16.5. The number of nitrogens with one attached hydrogen (secondary N) is 1. The van der Waals surface area contributed by atoms with Gasteiger partial charge in [-0.2, -0.15) is 5.10 Å². The highest BCUT2D eigenvalue weighted by Gasteiger charge is 2.29. The van der Waals surface area contributed by atoms with Crippen LogP contribution < -0.4 is 4.74 Å². The van der Waals surface area contributed by atoms with Gasteiger partial charge in [0.1, 0.15) is 5.75 Å². The Morgan fingerprint density at radius 2 is 1.76 bits per heavy atom. The molecule has 0 aliphatic carbocycles. The molecule has 0 bridgehead atoms. The molecule has 5 nitrogen and oxygen atoms in total. The van der Waals surface area contributed by atoms with Crippen molar-refractivity contribution in [1.82, 2.24) is 20.0 Å². The molecule has 25 heavy (non-hydrogen) atoms. The molecule has 4 rings (SSSR count). The minimum atomic E-state index is 0.865. The van der Waals surface area contributed by atoms with Crippen LogP contribution >= 0.6 is 0 Å². The van der Waals surface area contributed by atoms with E-state index in [1.165, 1.54) is 62.9 Å². The fourth-order valence-corrected chi connectivity index (χ4v) is 4.60. The van der Waals surface area contributed by atoms with Crippen molar-refractivity contribution in [3.8, 4) is 5.75 Å². The zero-order valence-electron chi connectivity index (χ0n) is 15.5. The van der Waals surface area contributed by atoms with Crippen LogP contribution in [0.1, 0.15) is 31.4 Å². The molecule has 2 aromatic rings. The molecular formula is C20H30N4O. The van der Waals surface area contributed by atoms with Gasteiger partial charge in [-0.05, 0) is 82.9 Å². The predicted molar refractivity (Wildman–Crippen MR) is 101 cm³/mol. The number of aromatic amines is 1. The van der Waals surface area contributed by atoms with Crippen LogP contribution in [0.5, 0.6) is 5.75 Å². The second-order valence-electron chi connectivity index (χ2n) is 7.84. The Bertz CT molecular complexity index is 697. The third-order valence-corrected chi connectivity index (χ3v) is 6.29. The van der Waals surface area contributed by atoms with E-state index in [0.717, 1.165) is 29.6 Å².